The molecule has 1 atom stereocenters. The Morgan fingerprint density at radius 1 is 1.04 bits per heavy atom. The number of rotatable bonds is 5. The third kappa shape index (κ3) is 5.73. The Balaban J connectivity index is 1.34. The number of hydrogen-bond acceptors (Lipinski definition) is 9. The lowest BCUT2D eigenvalue weighted by Gasteiger charge is -2.38. The summed E-state index contributed by atoms with van der Waals surface area (Å²) in [7, 11) is 2.15. The van der Waals surface area contributed by atoms with E-state index in [1.807, 2.05) is 37.7 Å². The van der Waals surface area contributed by atoms with Crippen molar-refractivity contribution in [1.29, 1.82) is 0 Å². The summed E-state index contributed by atoms with van der Waals surface area (Å²) in [6.07, 6.45) is 11.2. The van der Waals surface area contributed by atoms with Gasteiger partial charge in [-0.15, -0.1) is 0 Å². The van der Waals surface area contributed by atoms with E-state index in [1.54, 1.807) is 12.4 Å². The standard InChI is InChI=1S/C34H43N7O4/c1-22-7-6-10-39(22)27-14-23(13-25(15-27)34(43)20-44-21-34)29-17-35-31-30(37-29)28(19-40(31)32(42)45-33(2,3)4)24-16-36-41(18-24)26-8-11-38(5)12-9-26/h13-19,22,26,43H,6-12,20-21H2,1-5H3/t22-/m1/s1. The van der Waals surface area contributed by atoms with Gasteiger partial charge in [-0.3, -0.25) is 4.68 Å². The molecule has 0 unspecified atom stereocenters. The molecule has 0 amide bonds. The normalized spacial score (nSPS) is 20.9. The van der Waals surface area contributed by atoms with E-state index in [1.165, 1.54) is 4.57 Å². The van der Waals surface area contributed by atoms with Crippen LogP contribution in [0.3, 0.4) is 0 Å². The lowest BCUT2D eigenvalue weighted by Crippen LogP contribution is -2.46. The van der Waals surface area contributed by atoms with Gasteiger partial charge in [-0.05, 0) is 97.3 Å². The van der Waals surface area contributed by atoms with Gasteiger partial charge in [0, 0.05) is 47.4 Å². The van der Waals surface area contributed by atoms with Crippen molar-refractivity contribution in [2.24, 2.45) is 0 Å². The van der Waals surface area contributed by atoms with E-state index < -0.39 is 17.3 Å². The Kier molecular flexibility index (Phi) is 7.45. The van der Waals surface area contributed by atoms with Crippen molar-refractivity contribution < 1.29 is 19.4 Å². The van der Waals surface area contributed by atoms with Crippen molar-refractivity contribution in [3.05, 3.63) is 48.5 Å². The molecule has 0 bridgehead atoms. The van der Waals surface area contributed by atoms with Gasteiger partial charge < -0.3 is 24.4 Å². The second kappa shape index (κ2) is 11.2. The summed E-state index contributed by atoms with van der Waals surface area (Å²) in [5.41, 5.74) is 4.33. The number of ether oxygens (including phenoxy) is 2. The summed E-state index contributed by atoms with van der Waals surface area (Å²) in [5.74, 6) is 0. The highest BCUT2D eigenvalue weighted by molar-refractivity contribution is 5.97. The number of carbonyl (C=O) groups is 1. The second-order valence-corrected chi connectivity index (χ2v) is 14.0. The summed E-state index contributed by atoms with van der Waals surface area (Å²) in [4.78, 5) is 28.0. The molecule has 0 saturated carbocycles. The number of likely N-dealkylation sites (tertiary alicyclic amines) is 1. The van der Waals surface area contributed by atoms with Crippen molar-refractivity contribution in [3.8, 4) is 22.4 Å². The molecule has 3 aromatic heterocycles. The van der Waals surface area contributed by atoms with Gasteiger partial charge in [0.05, 0.1) is 37.3 Å². The molecule has 3 aliphatic heterocycles. The van der Waals surface area contributed by atoms with Gasteiger partial charge in [0.25, 0.3) is 0 Å². The van der Waals surface area contributed by atoms with Crippen LogP contribution in [0.25, 0.3) is 33.5 Å². The van der Waals surface area contributed by atoms with Gasteiger partial charge >= 0.3 is 6.09 Å². The number of benzene rings is 1. The van der Waals surface area contributed by atoms with E-state index in [2.05, 4.69) is 42.1 Å². The molecule has 7 rings (SSSR count). The predicted molar refractivity (Wildman–Crippen MR) is 172 cm³/mol. The van der Waals surface area contributed by atoms with Crippen LogP contribution in [0.2, 0.25) is 0 Å². The molecule has 11 heteroatoms. The lowest BCUT2D eigenvalue weighted by atomic mass is 9.89. The summed E-state index contributed by atoms with van der Waals surface area (Å²) >= 11 is 0. The zero-order valence-corrected chi connectivity index (χ0v) is 26.9. The fourth-order valence-electron chi connectivity index (χ4n) is 6.70. The number of hydrogen-bond donors (Lipinski definition) is 1. The second-order valence-electron chi connectivity index (χ2n) is 14.0. The van der Waals surface area contributed by atoms with Gasteiger partial charge in [-0.2, -0.15) is 5.10 Å². The van der Waals surface area contributed by atoms with Crippen LogP contribution >= 0.6 is 0 Å². The van der Waals surface area contributed by atoms with Gasteiger partial charge in [0.15, 0.2) is 5.65 Å². The molecule has 11 nitrogen and oxygen atoms in total. The third-order valence-corrected chi connectivity index (χ3v) is 9.38. The number of aromatic nitrogens is 5. The highest BCUT2D eigenvalue weighted by Gasteiger charge is 2.39. The van der Waals surface area contributed by atoms with Crippen molar-refractivity contribution in [2.75, 3.05) is 44.8 Å². The zero-order valence-electron chi connectivity index (χ0n) is 26.9. The Morgan fingerprint density at radius 2 is 1.82 bits per heavy atom. The molecule has 238 valence electrons. The molecule has 1 N–H and O–H groups in total. The van der Waals surface area contributed by atoms with Crippen LogP contribution in [-0.2, 0) is 15.1 Å². The smallest absolute Gasteiger partial charge is 0.420 e. The number of anilines is 1. The molecule has 0 radical (unpaired) electrons. The van der Waals surface area contributed by atoms with Gasteiger partial charge in [-0.1, -0.05) is 0 Å². The number of fused-ring (bicyclic) bond motifs is 1. The molecule has 45 heavy (non-hydrogen) atoms. The molecular formula is C34H43N7O4. The van der Waals surface area contributed by atoms with Crippen LogP contribution in [0.5, 0.6) is 0 Å². The monoisotopic (exact) mass is 613 g/mol. The van der Waals surface area contributed by atoms with Gasteiger partial charge in [0.2, 0.25) is 0 Å². The third-order valence-electron chi connectivity index (χ3n) is 9.38. The average Bonchev–Trinajstić information content (AvgIpc) is 3.73. The Bertz CT molecular complexity index is 1730. The zero-order chi connectivity index (χ0) is 31.5. The van der Waals surface area contributed by atoms with E-state index in [9.17, 15) is 9.90 Å². The van der Waals surface area contributed by atoms with Crippen LogP contribution in [0.4, 0.5) is 10.5 Å². The van der Waals surface area contributed by atoms with E-state index >= 15 is 0 Å². The Labute approximate surface area is 263 Å². The molecule has 0 spiro atoms. The Hall–Kier alpha value is -3.80. The minimum Gasteiger partial charge on any atom is -0.443 e. The van der Waals surface area contributed by atoms with Gasteiger partial charge in [-0.25, -0.2) is 19.3 Å². The average molecular weight is 614 g/mol. The first-order valence-corrected chi connectivity index (χ1v) is 16.0. The number of piperidine rings is 1. The molecule has 0 aliphatic carbocycles. The number of aliphatic hydroxyl groups is 1. The quantitative estimate of drug-likeness (QED) is 0.324. The highest BCUT2D eigenvalue weighted by atomic mass is 16.6. The van der Waals surface area contributed by atoms with Crippen molar-refractivity contribution in [3.63, 3.8) is 0 Å². The first-order chi connectivity index (χ1) is 21.5. The predicted octanol–water partition coefficient (Wildman–Crippen LogP) is 5.22. The van der Waals surface area contributed by atoms with E-state index in [-0.39, 0.29) is 13.2 Å². The maximum absolute atomic E-state index is 13.4. The van der Waals surface area contributed by atoms with Crippen molar-refractivity contribution in [1.82, 2.24) is 29.2 Å². The highest BCUT2D eigenvalue weighted by Crippen LogP contribution is 2.38. The fraction of sp³-hybridized carbons (Fsp3) is 0.529. The van der Waals surface area contributed by atoms with Crippen LogP contribution in [-0.4, -0.2) is 92.0 Å². The van der Waals surface area contributed by atoms with E-state index in [4.69, 9.17) is 24.5 Å². The summed E-state index contributed by atoms with van der Waals surface area (Å²) < 4.78 is 14.6. The van der Waals surface area contributed by atoms with E-state index in [0.29, 0.717) is 28.9 Å². The summed E-state index contributed by atoms with van der Waals surface area (Å²) in [6, 6.07) is 6.94. The Morgan fingerprint density at radius 3 is 2.49 bits per heavy atom. The molecule has 4 aromatic rings. The van der Waals surface area contributed by atoms with Crippen LogP contribution < -0.4 is 4.90 Å². The SMILES string of the molecule is C[C@@H]1CCCN1c1cc(-c2cnc3c(n2)c(-c2cnn(C4CCN(C)CC4)c2)cn3C(=O)OC(C)(C)C)cc(C2(O)COC2)c1. The van der Waals surface area contributed by atoms with Crippen LogP contribution in [0.15, 0.2) is 43.0 Å². The largest absolute Gasteiger partial charge is 0.443 e. The minimum absolute atomic E-state index is 0.264. The maximum atomic E-state index is 13.4. The fourth-order valence-corrected chi connectivity index (χ4v) is 6.70. The molecule has 3 aliphatic rings. The number of nitrogens with zero attached hydrogens (tertiary/aromatic N) is 7. The number of carbonyl (C=O) groups excluding carboxylic acids is 1. The maximum Gasteiger partial charge on any atom is 0.420 e. The van der Waals surface area contributed by atoms with E-state index in [0.717, 1.165) is 73.3 Å². The minimum atomic E-state index is -1.03. The van der Waals surface area contributed by atoms with Crippen LogP contribution in [0, 0.1) is 0 Å². The van der Waals surface area contributed by atoms with Crippen LogP contribution in [0.1, 0.15) is 65.0 Å². The first-order valence-electron chi connectivity index (χ1n) is 16.0. The van der Waals surface area contributed by atoms with Crippen molar-refractivity contribution in [2.45, 2.75) is 76.7 Å². The topological polar surface area (TPSA) is 111 Å². The first kappa shape index (κ1) is 29.9. The molecule has 3 saturated heterocycles. The van der Waals surface area contributed by atoms with Crippen molar-refractivity contribution >= 4 is 22.9 Å². The lowest BCUT2D eigenvalue weighted by molar-refractivity contribution is -0.184. The van der Waals surface area contributed by atoms with Gasteiger partial charge in [0.1, 0.15) is 16.7 Å². The summed E-state index contributed by atoms with van der Waals surface area (Å²) in [6.45, 7) is 11.3. The summed E-state index contributed by atoms with van der Waals surface area (Å²) in [5, 5.41) is 16.0. The molecular weight excluding hydrogens is 570 g/mol. The molecule has 3 fully saturated rings. The molecule has 1 aromatic carbocycles. The molecule has 6 heterocycles.